The van der Waals surface area contributed by atoms with Crippen LogP contribution < -0.4 is 0 Å². The van der Waals surface area contributed by atoms with Crippen molar-refractivity contribution in [2.75, 3.05) is 0 Å². The fourth-order valence-corrected chi connectivity index (χ4v) is 0. The summed E-state index contributed by atoms with van der Waals surface area (Å²) >= 11 is 0. The predicted molar refractivity (Wildman–Crippen MR) is 15.9 cm³/mol. The van der Waals surface area contributed by atoms with Crippen LogP contribution in [0.4, 0.5) is 0 Å². The molecule has 0 unspecified atom stereocenters. The third-order valence-electron chi connectivity index (χ3n) is 0.122. The first-order valence-corrected chi connectivity index (χ1v) is 0.957. The first-order chi connectivity index (χ1) is 2.27. The van der Waals surface area contributed by atoms with Gasteiger partial charge in [0.15, 0.2) is 0 Å². The molecule has 0 bridgehead atoms. The van der Waals surface area contributed by atoms with E-state index >= 15 is 0 Å². The van der Waals surface area contributed by atoms with Gasteiger partial charge in [-0.1, -0.05) is 0 Å². The third-order valence-corrected chi connectivity index (χ3v) is 0.122. The third kappa shape index (κ3) is 9.16. The second-order valence-electron chi connectivity index (χ2n) is 0.434. The average molecular weight is 256 g/mol. The van der Waals surface area contributed by atoms with Crippen LogP contribution >= 0.6 is 0 Å². The maximum atomic E-state index is 8.99. The summed E-state index contributed by atoms with van der Waals surface area (Å²) < 4.78 is 0. The molecule has 0 aromatic rings. The van der Waals surface area contributed by atoms with Gasteiger partial charge in [-0.15, -0.1) is 0 Å². The zero-order chi connectivity index (χ0) is 4.28. The van der Waals surface area contributed by atoms with E-state index in [1.165, 1.54) is 0 Å². The summed E-state index contributed by atoms with van der Waals surface area (Å²) in [6.45, 7) is 4.35. The van der Waals surface area contributed by atoms with E-state index in [1.807, 2.05) is 0 Å². The summed E-state index contributed by atoms with van der Waals surface area (Å²) in [5.74, 6) is 0. The number of rotatable bonds is 1. The molecule has 0 fully saturated rings. The molecule has 0 aliphatic carbocycles. The Balaban J connectivity index is 0. The van der Waals surface area contributed by atoms with E-state index in [4.69, 9.17) is 10.1 Å². The smallest absolute Gasteiger partial charge is 0.439 e. The minimum atomic E-state index is -0.722. The van der Waals surface area contributed by atoms with Crippen molar-refractivity contribution in [1.29, 1.82) is 0 Å². The molecule has 4 heteroatoms. The zero-order valence-corrected chi connectivity index (χ0v) is 5.76. The first kappa shape index (κ1) is 9.27. The summed E-state index contributed by atoms with van der Waals surface area (Å²) in [4.78, 5) is 8.27. The van der Waals surface area contributed by atoms with Crippen LogP contribution in [0, 0.1) is 16.7 Å². The summed E-state index contributed by atoms with van der Waals surface area (Å²) in [5, 5.41) is 8.99. The van der Waals surface area contributed by atoms with Crippen molar-refractivity contribution in [2.45, 2.75) is 0 Å². The Hall–Kier alpha value is -0.172. The molecule has 6 heavy (non-hydrogen) atoms. The Morgan fingerprint density at radius 3 is 2.00 bits per heavy atom. The molecule has 0 saturated heterocycles. The van der Waals surface area contributed by atoms with Gasteiger partial charge in [0.25, 0.3) is 0 Å². The van der Waals surface area contributed by atoms with E-state index in [9.17, 15) is 0 Å². The molecule has 3 nitrogen and oxygen atoms in total. The van der Waals surface area contributed by atoms with E-state index in [0.717, 1.165) is 0 Å². The van der Waals surface area contributed by atoms with Gasteiger partial charge in [0.05, 0.1) is 6.20 Å². The van der Waals surface area contributed by atoms with Crippen LogP contribution in [0.3, 0.4) is 0 Å². The largest absolute Gasteiger partial charge is 2.00 e. The van der Waals surface area contributed by atoms with Crippen LogP contribution in [0.2, 0.25) is 0 Å². The maximum Gasteiger partial charge on any atom is 2.00 e. The SMILES string of the molecule is [CH-]=C[N+](=O)[O-].[W+2]. The Labute approximate surface area is 49.5 Å². The molecular weight excluding hydrogens is 254 g/mol. The summed E-state index contributed by atoms with van der Waals surface area (Å²) in [6, 6.07) is 0. The molecule has 0 aromatic heterocycles. The molecule has 32 valence electrons. The van der Waals surface area contributed by atoms with Crippen molar-refractivity contribution in [1.82, 2.24) is 0 Å². The van der Waals surface area contributed by atoms with E-state index in [0.29, 0.717) is 6.20 Å². The minimum Gasteiger partial charge on any atom is -0.439 e. The number of hydrogen-bond acceptors (Lipinski definition) is 2. The predicted octanol–water partition coefficient (Wildman–Crippen LogP) is 0.207. The fourth-order valence-electron chi connectivity index (χ4n) is 0. The Bertz CT molecular complexity index is 62.6. The van der Waals surface area contributed by atoms with Gasteiger partial charge in [-0.05, 0) is 0 Å². The van der Waals surface area contributed by atoms with Gasteiger partial charge in [0, 0.05) is 4.92 Å². The van der Waals surface area contributed by atoms with Gasteiger partial charge in [-0.25, -0.2) is 0 Å². The van der Waals surface area contributed by atoms with Gasteiger partial charge >= 0.3 is 21.1 Å². The van der Waals surface area contributed by atoms with E-state index in [-0.39, 0.29) is 21.1 Å². The Morgan fingerprint density at radius 2 is 2.00 bits per heavy atom. The zero-order valence-electron chi connectivity index (χ0n) is 2.83. The van der Waals surface area contributed by atoms with E-state index in [1.54, 1.807) is 0 Å². The fraction of sp³-hybridized carbons (Fsp3) is 0. The van der Waals surface area contributed by atoms with Crippen LogP contribution in [0.5, 0.6) is 0 Å². The summed E-state index contributed by atoms with van der Waals surface area (Å²) in [7, 11) is 0. The van der Waals surface area contributed by atoms with Gasteiger partial charge < -0.3 is 6.58 Å². The van der Waals surface area contributed by atoms with Crippen molar-refractivity contribution in [2.24, 2.45) is 0 Å². The maximum absolute atomic E-state index is 8.99. The normalized spacial score (nSPS) is 5.33. The minimum absolute atomic E-state index is 0. The topological polar surface area (TPSA) is 43.1 Å². The molecule has 0 saturated carbocycles. The molecule has 0 heterocycles. The standard InChI is InChI=1S/C2H2NO2.W/c1-2-3(4)5;/h1-2H;/q-1;+2. The molecule has 0 aromatic carbocycles. The van der Waals surface area contributed by atoms with Crippen LogP contribution in [0.15, 0.2) is 6.20 Å². The molecule has 0 radical (unpaired) electrons. The van der Waals surface area contributed by atoms with Crippen molar-refractivity contribution >= 4 is 0 Å². The van der Waals surface area contributed by atoms with Crippen LogP contribution in [-0.4, -0.2) is 4.92 Å². The van der Waals surface area contributed by atoms with E-state index < -0.39 is 4.92 Å². The van der Waals surface area contributed by atoms with Crippen molar-refractivity contribution in [3.63, 3.8) is 0 Å². The quantitative estimate of drug-likeness (QED) is 0.382. The molecule has 0 N–H and O–H groups in total. The summed E-state index contributed by atoms with van der Waals surface area (Å²) in [6.07, 6.45) is 0.389. The van der Waals surface area contributed by atoms with Crippen LogP contribution in [0.25, 0.3) is 0 Å². The average Bonchev–Trinajstić information content (AvgIpc) is 1.38. The monoisotopic (exact) mass is 256 g/mol. The molecule has 0 rings (SSSR count). The van der Waals surface area contributed by atoms with Crippen molar-refractivity contribution < 1.29 is 26.0 Å². The van der Waals surface area contributed by atoms with Crippen LogP contribution in [-0.2, 0) is 21.1 Å². The van der Waals surface area contributed by atoms with Crippen LogP contribution in [0.1, 0.15) is 0 Å². The molecule has 0 aliphatic rings. The van der Waals surface area contributed by atoms with Gasteiger partial charge in [-0.3, -0.25) is 10.1 Å². The van der Waals surface area contributed by atoms with Gasteiger partial charge in [0.1, 0.15) is 0 Å². The van der Waals surface area contributed by atoms with Crippen molar-refractivity contribution in [3.8, 4) is 0 Å². The van der Waals surface area contributed by atoms with Gasteiger partial charge in [0.2, 0.25) is 0 Å². The molecule has 0 aliphatic heterocycles. The Kier molecular flexibility index (Phi) is 7.46. The van der Waals surface area contributed by atoms with E-state index in [2.05, 4.69) is 6.58 Å². The second kappa shape index (κ2) is 4.83. The number of nitro groups is 1. The second-order valence-corrected chi connectivity index (χ2v) is 0.434. The number of nitrogens with zero attached hydrogens (tertiary/aromatic N) is 1. The Morgan fingerprint density at radius 1 is 1.83 bits per heavy atom. The first-order valence-electron chi connectivity index (χ1n) is 0.957. The molecule has 0 amide bonds. The van der Waals surface area contributed by atoms with Crippen molar-refractivity contribution in [3.05, 3.63) is 22.9 Å². The molecule has 0 spiro atoms. The molecular formula is C2H2NO2W+. The van der Waals surface area contributed by atoms with Gasteiger partial charge in [-0.2, -0.15) is 0 Å². The number of hydrogen-bond donors (Lipinski definition) is 0. The summed E-state index contributed by atoms with van der Waals surface area (Å²) in [5.41, 5.74) is 0. The molecule has 0 atom stereocenters.